The molecular weight excluding hydrogens is 352 g/mol. The van der Waals surface area contributed by atoms with Crippen LogP contribution >= 0.6 is 11.6 Å². The molecule has 0 saturated heterocycles. The van der Waals surface area contributed by atoms with E-state index in [1.54, 1.807) is 12.1 Å². The first-order chi connectivity index (χ1) is 12.6. The van der Waals surface area contributed by atoms with Crippen molar-refractivity contribution in [1.82, 2.24) is 0 Å². The molecule has 2 aliphatic rings. The number of hydrogen-bond acceptors (Lipinski definition) is 4. The van der Waals surface area contributed by atoms with Crippen LogP contribution in [0.5, 0.6) is 11.5 Å². The van der Waals surface area contributed by atoms with Gasteiger partial charge in [0, 0.05) is 30.3 Å². The summed E-state index contributed by atoms with van der Waals surface area (Å²) in [5.74, 6) is 1.32. The lowest BCUT2D eigenvalue weighted by Crippen LogP contribution is -2.39. The first kappa shape index (κ1) is 17.0. The van der Waals surface area contributed by atoms with Crippen molar-refractivity contribution in [3.63, 3.8) is 0 Å². The Balaban J connectivity index is 1.49. The summed E-state index contributed by atoms with van der Waals surface area (Å²) in [7, 11) is 0. The van der Waals surface area contributed by atoms with Gasteiger partial charge in [-0.25, -0.2) is 0 Å². The number of nitrogens with one attached hydrogen (secondary N) is 1. The highest BCUT2D eigenvalue weighted by Gasteiger charge is 2.30. The quantitative estimate of drug-likeness (QED) is 0.888. The van der Waals surface area contributed by atoms with Crippen molar-refractivity contribution in [2.45, 2.75) is 25.8 Å². The second-order valence-corrected chi connectivity index (χ2v) is 7.04. The molecule has 0 spiro atoms. The molecule has 136 valence electrons. The van der Waals surface area contributed by atoms with Gasteiger partial charge >= 0.3 is 0 Å². The molecule has 0 unspecified atom stereocenters. The van der Waals surface area contributed by atoms with Gasteiger partial charge < -0.3 is 19.7 Å². The van der Waals surface area contributed by atoms with Gasteiger partial charge in [-0.1, -0.05) is 29.8 Å². The number of para-hydroxylation sites is 1. The predicted molar refractivity (Wildman–Crippen MR) is 103 cm³/mol. The fraction of sp³-hybridized carbons (Fsp3) is 0.350. The molecule has 6 heteroatoms. The highest BCUT2D eigenvalue weighted by atomic mass is 35.5. The highest BCUT2D eigenvalue weighted by Crippen LogP contribution is 2.38. The lowest BCUT2D eigenvalue weighted by atomic mass is 10.1. The number of amides is 1. The number of ether oxygens (including phenoxy) is 2. The fourth-order valence-corrected chi connectivity index (χ4v) is 3.74. The van der Waals surface area contributed by atoms with Gasteiger partial charge in [-0.2, -0.15) is 0 Å². The van der Waals surface area contributed by atoms with E-state index in [1.165, 1.54) is 5.56 Å². The van der Waals surface area contributed by atoms with Crippen LogP contribution in [0.25, 0.3) is 0 Å². The van der Waals surface area contributed by atoms with Crippen LogP contribution in [0.15, 0.2) is 36.4 Å². The second-order valence-electron chi connectivity index (χ2n) is 6.63. The van der Waals surface area contributed by atoms with Crippen molar-refractivity contribution >= 4 is 28.9 Å². The van der Waals surface area contributed by atoms with Gasteiger partial charge in [-0.05, 0) is 25.0 Å². The van der Waals surface area contributed by atoms with E-state index in [-0.39, 0.29) is 18.5 Å². The van der Waals surface area contributed by atoms with Crippen LogP contribution in [0.1, 0.15) is 18.9 Å². The first-order valence-electron chi connectivity index (χ1n) is 8.86. The van der Waals surface area contributed by atoms with Crippen LogP contribution in [-0.2, 0) is 11.2 Å². The van der Waals surface area contributed by atoms with E-state index in [4.69, 9.17) is 21.1 Å². The van der Waals surface area contributed by atoms with Crippen LogP contribution < -0.4 is 19.7 Å². The number of carbonyl (C=O) groups excluding carboxylic acids is 1. The normalized spacial score (nSPS) is 18.2. The first-order valence-corrected chi connectivity index (χ1v) is 9.24. The molecule has 2 aliphatic heterocycles. The maximum atomic E-state index is 12.8. The van der Waals surface area contributed by atoms with Crippen LogP contribution in [0.4, 0.5) is 11.4 Å². The van der Waals surface area contributed by atoms with Crippen LogP contribution in [0.2, 0.25) is 5.02 Å². The minimum Gasteiger partial charge on any atom is -0.490 e. The van der Waals surface area contributed by atoms with E-state index in [1.807, 2.05) is 23.1 Å². The Morgan fingerprint density at radius 3 is 2.77 bits per heavy atom. The monoisotopic (exact) mass is 372 g/mol. The lowest BCUT2D eigenvalue weighted by Gasteiger charge is -2.23. The summed E-state index contributed by atoms with van der Waals surface area (Å²) < 4.78 is 11.3. The number of nitrogens with zero attached hydrogens (tertiary/aromatic N) is 1. The molecule has 0 bridgehead atoms. The minimum atomic E-state index is 0.0191. The van der Waals surface area contributed by atoms with Gasteiger partial charge in [-0.15, -0.1) is 0 Å². The summed E-state index contributed by atoms with van der Waals surface area (Å²) in [5.41, 5.74) is 2.88. The minimum absolute atomic E-state index is 0.0191. The molecule has 0 fully saturated rings. The molecule has 1 amide bonds. The molecule has 0 radical (unpaired) electrons. The molecule has 26 heavy (non-hydrogen) atoms. The zero-order valence-corrected chi connectivity index (χ0v) is 15.4. The molecule has 1 N–H and O–H groups in total. The van der Waals surface area contributed by atoms with Crippen LogP contribution in [-0.4, -0.2) is 31.7 Å². The van der Waals surface area contributed by atoms with Gasteiger partial charge in [0.25, 0.3) is 0 Å². The van der Waals surface area contributed by atoms with Gasteiger partial charge in [0.2, 0.25) is 5.91 Å². The number of halogens is 1. The zero-order valence-electron chi connectivity index (χ0n) is 14.6. The molecule has 4 rings (SSSR count). The third-order valence-electron chi connectivity index (χ3n) is 4.74. The number of rotatable bonds is 3. The van der Waals surface area contributed by atoms with E-state index >= 15 is 0 Å². The molecule has 0 saturated carbocycles. The Bertz CT molecular complexity index is 840. The largest absolute Gasteiger partial charge is 0.490 e. The smallest absolute Gasteiger partial charge is 0.246 e. The molecule has 2 aromatic rings. The van der Waals surface area contributed by atoms with Gasteiger partial charge in [0.1, 0.15) is 0 Å². The zero-order chi connectivity index (χ0) is 18.1. The van der Waals surface area contributed by atoms with Crippen molar-refractivity contribution in [1.29, 1.82) is 0 Å². The summed E-state index contributed by atoms with van der Waals surface area (Å²) in [5, 5.41) is 3.66. The highest BCUT2D eigenvalue weighted by molar-refractivity contribution is 6.33. The third kappa shape index (κ3) is 3.19. The predicted octanol–water partition coefficient (Wildman–Crippen LogP) is 3.89. The van der Waals surface area contributed by atoms with Crippen molar-refractivity contribution in [2.75, 3.05) is 30.0 Å². The third-order valence-corrected chi connectivity index (χ3v) is 5.06. The van der Waals surface area contributed by atoms with Crippen LogP contribution in [0.3, 0.4) is 0 Å². The van der Waals surface area contributed by atoms with Gasteiger partial charge in [-0.3, -0.25) is 4.79 Å². The van der Waals surface area contributed by atoms with E-state index < -0.39 is 0 Å². The molecule has 2 aromatic carbocycles. The van der Waals surface area contributed by atoms with E-state index in [0.717, 1.165) is 18.5 Å². The Morgan fingerprint density at radius 2 is 1.96 bits per heavy atom. The number of carbonyl (C=O) groups is 1. The lowest BCUT2D eigenvalue weighted by molar-refractivity contribution is -0.117. The maximum absolute atomic E-state index is 12.8. The average Bonchev–Trinajstić information content (AvgIpc) is 2.80. The number of hydrogen-bond donors (Lipinski definition) is 1. The van der Waals surface area contributed by atoms with E-state index in [2.05, 4.69) is 18.3 Å². The summed E-state index contributed by atoms with van der Waals surface area (Å²) in [6, 6.07) is 11.7. The average molecular weight is 373 g/mol. The van der Waals surface area contributed by atoms with Gasteiger partial charge in [0.15, 0.2) is 11.5 Å². The van der Waals surface area contributed by atoms with Crippen molar-refractivity contribution in [3.05, 3.63) is 47.0 Å². The standard InChI is InChI=1S/C20H21ClN2O3/c1-13-9-14-5-2-3-6-17(14)23(13)20(24)12-22-16-11-19-18(10-15(16)21)25-7-4-8-26-19/h2-3,5-6,10-11,13,22H,4,7-9,12H2,1H3/t13-/m0/s1. The topological polar surface area (TPSA) is 50.8 Å². The number of anilines is 2. The van der Waals surface area contributed by atoms with Crippen molar-refractivity contribution in [2.24, 2.45) is 0 Å². The summed E-state index contributed by atoms with van der Waals surface area (Å²) in [4.78, 5) is 14.7. The summed E-state index contributed by atoms with van der Waals surface area (Å²) in [6.07, 6.45) is 1.71. The molecule has 1 atom stereocenters. The summed E-state index contributed by atoms with van der Waals surface area (Å²) in [6.45, 7) is 3.45. The summed E-state index contributed by atoms with van der Waals surface area (Å²) >= 11 is 6.34. The Hall–Kier alpha value is -2.40. The number of fused-ring (bicyclic) bond motifs is 2. The Labute approximate surface area is 157 Å². The fourth-order valence-electron chi connectivity index (χ4n) is 3.52. The van der Waals surface area contributed by atoms with E-state index in [0.29, 0.717) is 35.4 Å². The van der Waals surface area contributed by atoms with Crippen LogP contribution in [0, 0.1) is 0 Å². The maximum Gasteiger partial charge on any atom is 0.246 e. The molecular formula is C20H21ClN2O3. The van der Waals surface area contributed by atoms with E-state index in [9.17, 15) is 4.79 Å². The SMILES string of the molecule is C[C@H]1Cc2ccccc2N1C(=O)CNc1cc2c(cc1Cl)OCCCO2. The Morgan fingerprint density at radius 1 is 1.23 bits per heavy atom. The second kappa shape index (κ2) is 7.08. The van der Waals surface area contributed by atoms with Crippen molar-refractivity contribution < 1.29 is 14.3 Å². The van der Waals surface area contributed by atoms with Gasteiger partial charge in [0.05, 0.1) is 30.5 Å². The molecule has 5 nitrogen and oxygen atoms in total. The van der Waals surface area contributed by atoms with Crippen molar-refractivity contribution in [3.8, 4) is 11.5 Å². The molecule has 0 aliphatic carbocycles. The number of benzene rings is 2. The Kier molecular flexibility index (Phi) is 4.64. The molecule has 2 heterocycles. The molecule has 0 aromatic heterocycles.